The van der Waals surface area contributed by atoms with E-state index in [1.165, 1.54) is 11.0 Å². The Hall–Kier alpha value is -1.42. The van der Waals surface area contributed by atoms with E-state index in [4.69, 9.17) is 0 Å². The number of anilines is 1. The van der Waals surface area contributed by atoms with Crippen LogP contribution < -0.4 is 4.90 Å². The Kier molecular flexibility index (Phi) is 4.20. The largest absolute Gasteiger partial charge is 0.313 e. The topological polar surface area (TPSA) is 23.6 Å². The third kappa shape index (κ3) is 3.13. The van der Waals surface area contributed by atoms with Crippen molar-refractivity contribution in [1.29, 1.82) is 0 Å². The molecule has 1 aliphatic rings. The SMILES string of the molecule is Cc1ccc(N(C)C(=O)C2CCN(C)CC2)c(F)c1. The number of hydrogen-bond acceptors (Lipinski definition) is 2. The molecule has 1 heterocycles. The van der Waals surface area contributed by atoms with Crippen LogP contribution in [0.5, 0.6) is 0 Å². The van der Waals surface area contributed by atoms with Gasteiger partial charge in [0.25, 0.3) is 0 Å². The zero-order valence-electron chi connectivity index (χ0n) is 11.8. The van der Waals surface area contributed by atoms with Crippen LogP contribution in [-0.2, 0) is 4.79 Å². The Balaban J connectivity index is 2.10. The van der Waals surface area contributed by atoms with Crippen molar-refractivity contribution < 1.29 is 9.18 Å². The highest BCUT2D eigenvalue weighted by molar-refractivity contribution is 5.94. The van der Waals surface area contributed by atoms with E-state index in [1.54, 1.807) is 13.1 Å². The monoisotopic (exact) mass is 264 g/mol. The molecule has 2 rings (SSSR count). The van der Waals surface area contributed by atoms with E-state index in [0.29, 0.717) is 5.69 Å². The van der Waals surface area contributed by atoms with E-state index in [9.17, 15) is 9.18 Å². The molecule has 104 valence electrons. The van der Waals surface area contributed by atoms with Crippen LogP contribution in [0.4, 0.5) is 10.1 Å². The second-order valence-electron chi connectivity index (χ2n) is 5.43. The van der Waals surface area contributed by atoms with Gasteiger partial charge in [0.1, 0.15) is 5.82 Å². The predicted molar refractivity (Wildman–Crippen MR) is 74.8 cm³/mol. The van der Waals surface area contributed by atoms with Crippen molar-refractivity contribution in [1.82, 2.24) is 4.90 Å². The molecular weight excluding hydrogens is 243 g/mol. The molecule has 1 saturated heterocycles. The number of carbonyl (C=O) groups excluding carboxylic acids is 1. The number of rotatable bonds is 2. The van der Waals surface area contributed by atoms with Gasteiger partial charge in [-0.15, -0.1) is 0 Å². The van der Waals surface area contributed by atoms with Crippen LogP contribution in [-0.4, -0.2) is 38.0 Å². The molecule has 1 aromatic rings. The molecular formula is C15H21FN2O. The van der Waals surface area contributed by atoms with Crippen LogP contribution in [0.2, 0.25) is 0 Å². The zero-order valence-corrected chi connectivity index (χ0v) is 11.8. The van der Waals surface area contributed by atoms with Crippen LogP contribution in [0, 0.1) is 18.7 Å². The van der Waals surface area contributed by atoms with Gasteiger partial charge in [-0.05, 0) is 57.6 Å². The molecule has 19 heavy (non-hydrogen) atoms. The lowest BCUT2D eigenvalue weighted by molar-refractivity contribution is -0.123. The minimum absolute atomic E-state index is 0.0157. The average molecular weight is 264 g/mol. The van der Waals surface area contributed by atoms with Crippen LogP contribution in [0.3, 0.4) is 0 Å². The summed E-state index contributed by atoms with van der Waals surface area (Å²) in [6.45, 7) is 3.70. The molecule has 0 radical (unpaired) electrons. The highest BCUT2D eigenvalue weighted by Crippen LogP contribution is 2.24. The summed E-state index contributed by atoms with van der Waals surface area (Å²) < 4.78 is 13.9. The summed E-state index contributed by atoms with van der Waals surface area (Å²) in [4.78, 5) is 16.1. The Morgan fingerprint density at radius 2 is 2.00 bits per heavy atom. The highest BCUT2D eigenvalue weighted by atomic mass is 19.1. The number of halogens is 1. The van der Waals surface area contributed by atoms with Gasteiger partial charge in [0.15, 0.2) is 0 Å². The second-order valence-corrected chi connectivity index (χ2v) is 5.43. The Labute approximate surface area is 114 Å². The number of amides is 1. The molecule has 0 unspecified atom stereocenters. The number of nitrogens with zero attached hydrogens (tertiary/aromatic N) is 2. The molecule has 0 spiro atoms. The van der Waals surface area contributed by atoms with E-state index in [2.05, 4.69) is 11.9 Å². The number of aryl methyl sites for hydroxylation is 1. The average Bonchev–Trinajstić information content (AvgIpc) is 2.38. The summed E-state index contributed by atoms with van der Waals surface area (Å²) in [5.74, 6) is -0.290. The van der Waals surface area contributed by atoms with Crippen LogP contribution >= 0.6 is 0 Å². The maximum absolute atomic E-state index is 13.9. The molecule has 0 N–H and O–H groups in total. The lowest BCUT2D eigenvalue weighted by Gasteiger charge is -2.31. The first-order valence-electron chi connectivity index (χ1n) is 6.71. The van der Waals surface area contributed by atoms with Crippen molar-refractivity contribution in [3.05, 3.63) is 29.6 Å². The van der Waals surface area contributed by atoms with Crippen LogP contribution in [0.1, 0.15) is 18.4 Å². The number of likely N-dealkylation sites (tertiary alicyclic amines) is 1. The molecule has 0 bridgehead atoms. The first kappa shape index (κ1) is 14.0. The van der Waals surface area contributed by atoms with E-state index >= 15 is 0 Å². The summed E-state index contributed by atoms with van der Waals surface area (Å²) in [5, 5.41) is 0. The van der Waals surface area contributed by atoms with Gasteiger partial charge in [-0.25, -0.2) is 4.39 Å². The molecule has 0 aromatic heterocycles. The predicted octanol–water partition coefficient (Wildman–Crippen LogP) is 2.44. The van der Waals surface area contributed by atoms with E-state index in [1.807, 2.05) is 13.0 Å². The van der Waals surface area contributed by atoms with Crippen molar-refractivity contribution in [3.8, 4) is 0 Å². The Morgan fingerprint density at radius 1 is 1.37 bits per heavy atom. The van der Waals surface area contributed by atoms with E-state index in [-0.39, 0.29) is 17.6 Å². The van der Waals surface area contributed by atoms with Crippen molar-refractivity contribution >= 4 is 11.6 Å². The summed E-state index contributed by atoms with van der Waals surface area (Å²) in [7, 11) is 3.72. The van der Waals surface area contributed by atoms with Gasteiger partial charge in [0.2, 0.25) is 5.91 Å². The van der Waals surface area contributed by atoms with Crippen LogP contribution in [0.15, 0.2) is 18.2 Å². The number of piperidine rings is 1. The molecule has 4 heteroatoms. The van der Waals surface area contributed by atoms with E-state index < -0.39 is 0 Å². The van der Waals surface area contributed by atoms with Gasteiger partial charge in [-0.3, -0.25) is 4.79 Å². The molecule has 0 aliphatic carbocycles. The minimum Gasteiger partial charge on any atom is -0.313 e. The van der Waals surface area contributed by atoms with Crippen molar-refractivity contribution in [3.63, 3.8) is 0 Å². The number of carbonyl (C=O) groups is 1. The third-order valence-corrected chi connectivity index (χ3v) is 3.86. The smallest absolute Gasteiger partial charge is 0.230 e. The van der Waals surface area contributed by atoms with Crippen molar-refractivity contribution in [2.24, 2.45) is 5.92 Å². The molecule has 1 fully saturated rings. The first-order chi connectivity index (χ1) is 8.99. The van der Waals surface area contributed by atoms with Crippen molar-refractivity contribution in [2.75, 3.05) is 32.1 Å². The molecule has 3 nitrogen and oxygen atoms in total. The highest BCUT2D eigenvalue weighted by Gasteiger charge is 2.27. The first-order valence-corrected chi connectivity index (χ1v) is 6.71. The minimum atomic E-state index is -0.330. The Bertz CT molecular complexity index is 467. The summed E-state index contributed by atoms with van der Waals surface area (Å²) in [5.41, 5.74) is 1.23. The molecule has 1 amide bonds. The standard InChI is InChI=1S/C15H21FN2O/c1-11-4-5-14(13(16)10-11)18(3)15(19)12-6-8-17(2)9-7-12/h4-5,10,12H,6-9H2,1-3H3. The van der Waals surface area contributed by atoms with Gasteiger partial charge >= 0.3 is 0 Å². The normalized spacial score (nSPS) is 17.5. The quantitative estimate of drug-likeness (QED) is 0.819. The number of benzene rings is 1. The summed E-state index contributed by atoms with van der Waals surface area (Å²) >= 11 is 0. The van der Waals surface area contributed by atoms with Gasteiger partial charge in [0, 0.05) is 13.0 Å². The molecule has 1 aliphatic heterocycles. The fourth-order valence-electron chi connectivity index (χ4n) is 2.53. The fraction of sp³-hybridized carbons (Fsp3) is 0.533. The lowest BCUT2D eigenvalue weighted by Crippen LogP contribution is -2.40. The lowest BCUT2D eigenvalue weighted by atomic mass is 9.95. The maximum atomic E-state index is 13.9. The molecule has 0 saturated carbocycles. The summed E-state index contributed by atoms with van der Waals surface area (Å²) in [6, 6.07) is 4.97. The van der Waals surface area contributed by atoms with Gasteiger partial charge < -0.3 is 9.80 Å². The Morgan fingerprint density at radius 3 is 2.58 bits per heavy atom. The number of hydrogen-bond donors (Lipinski definition) is 0. The van der Waals surface area contributed by atoms with Gasteiger partial charge in [-0.1, -0.05) is 6.07 Å². The third-order valence-electron chi connectivity index (χ3n) is 3.86. The molecule has 0 atom stereocenters. The molecule has 1 aromatic carbocycles. The van der Waals surface area contributed by atoms with Gasteiger partial charge in [0.05, 0.1) is 5.69 Å². The fourth-order valence-corrected chi connectivity index (χ4v) is 2.53. The maximum Gasteiger partial charge on any atom is 0.230 e. The van der Waals surface area contributed by atoms with E-state index in [0.717, 1.165) is 31.5 Å². The summed E-state index contributed by atoms with van der Waals surface area (Å²) in [6.07, 6.45) is 1.71. The van der Waals surface area contributed by atoms with Gasteiger partial charge in [-0.2, -0.15) is 0 Å². The second kappa shape index (κ2) is 5.70. The van der Waals surface area contributed by atoms with Crippen molar-refractivity contribution in [2.45, 2.75) is 19.8 Å². The van der Waals surface area contributed by atoms with Crippen LogP contribution in [0.25, 0.3) is 0 Å². The zero-order chi connectivity index (χ0) is 14.0.